The van der Waals surface area contributed by atoms with Crippen LogP contribution in [0.15, 0.2) is 53.9 Å². The number of hydrogen-bond donors (Lipinski definition) is 2. The Bertz CT molecular complexity index is 1080. The number of hydrogen-bond acceptors (Lipinski definition) is 4. The van der Waals surface area contributed by atoms with Gasteiger partial charge in [0, 0.05) is 12.0 Å². The van der Waals surface area contributed by atoms with Crippen LogP contribution in [0.2, 0.25) is 10.0 Å². The zero-order valence-electron chi connectivity index (χ0n) is 14.9. The molecule has 1 atom stereocenters. The van der Waals surface area contributed by atoms with Gasteiger partial charge in [-0.25, -0.2) is 4.79 Å². The Kier molecular flexibility index (Phi) is 6.55. The van der Waals surface area contributed by atoms with Crippen LogP contribution in [0.3, 0.4) is 0 Å². The number of halogens is 2. The van der Waals surface area contributed by atoms with Crippen LogP contribution in [0.5, 0.6) is 0 Å². The van der Waals surface area contributed by atoms with Gasteiger partial charge in [-0.2, -0.15) is 5.26 Å². The summed E-state index contributed by atoms with van der Waals surface area (Å²) in [6.45, 7) is 0. The van der Waals surface area contributed by atoms with E-state index in [0.29, 0.717) is 4.88 Å². The molecule has 1 aromatic heterocycles. The van der Waals surface area contributed by atoms with Gasteiger partial charge in [0.05, 0.1) is 15.6 Å². The quantitative estimate of drug-likeness (QED) is 0.558. The highest BCUT2D eigenvalue weighted by molar-refractivity contribution is 7.11. The molecule has 0 aliphatic rings. The summed E-state index contributed by atoms with van der Waals surface area (Å²) in [4.78, 5) is 24.8. The Morgan fingerprint density at radius 3 is 2.34 bits per heavy atom. The topological polar surface area (TPSA) is 90.2 Å². The summed E-state index contributed by atoms with van der Waals surface area (Å²) in [7, 11) is 0. The van der Waals surface area contributed by atoms with Crippen molar-refractivity contribution in [1.29, 1.82) is 5.26 Å². The van der Waals surface area contributed by atoms with E-state index in [9.17, 15) is 14.7 Å². The van der Waals surface area contributed by atoms with Crippen molar-refractivity contribution in [1.82, 2.24) is 5.32 Å². The van der Waals surface area contributed by atoms with Crippen molar-refractivity contribution in [3.8, 4) is 17.2 Å². The number of thiophene rings is 1. The first-order valence-corrected chi connectivity index (χ1v) is 10.1. The molecule has 0 radical (unpaired) electrons. The number of aliphatic carboxylic acids is 1. The number of carboxylic acids is 1. The predicted octanol–water partition coefficient (Wildman–Crippen LogP) is 5.02. The molecule has 3 rings (SSSR count). The number of nitrogens with one attached hydrogen (secondary N) is 1. The highest BCUT2D eigenvalue weighted by Crippen LogP contribution is 2.28. The minimum Gasteiger partial charge on any atom is -0.480 e. The maximum Gasteiger partial charge on any atom is 0.326 e. The number of benzene rings is 2. The molecular weight excluding hydrogens is 431 g/mol. The van der Waals surface area contributed by atoms with Gasteiger partial charge in [-0.15, -0.1) is 11.3 Å². The van der Waals surface area contributed by atoms with Crippen LogP contribution in [0.4, 0.5) is 0 Å². The summed E-state index contributed by atoms with van der Waals surface area (Å²) in [5, 5.41) is 23.3. The third kappa shape index (κ3) is 4.77. The Labute approximate surface area is 181 Å². The Balaban J connectivity index is 1.77. The molecule has 29 heavy (non-hydrogen) atoms. The fourth-order valence-electron chi connectivity index (χ4n) is 2.82. The van der Waals surface area contributed by atoms with Gasteiger partial charge in [0.2, 0.25) is 0 Å². The molecule has 3 aromatic rings. The van der Waals surface area contributed by atoms with Crippen molar-refractivity contribution in [3.05, 3.63) is 80.0 Å². The molecule has 0 saturated heterocycles. The lowest BCUT2D eigenvalue weighted by atomic mass is 10.0. The van der Waals surface area contributed by atoms with Crippen molar-refractivity contribution >= 4 is 46.4 Å². The van der Waals surface area contributed by atoms with Crippen molar-refractivity contribution in [2.75, 3.05) is 0 Å². The van der Waals surface area contributed by atoms with Gasteiger partial charge in [0.25, 0.3) is 5.91 Å². The monoisotopic (exact) mass is 444 g/mol. The molecule has 0 bridgehead atoms. The van der Waals surface area contributed by atoms with Crippen LogP contribution in [-0.2, 0) is 11.2 Å². The zero-order valence-corrected chi connectivity index (χ0v) is 17.2. The van der Waals surface area contributed by atoms with Gasteiger partial charge in [-0.05, 0) is 34.7 Å². The predicted molar refractivity (Wildman–Crippen MR) is 114 cm³/mol. The third-order valence-corrected chi connectivity index (χ3v) is 5.71. The molecule has 2 N–H and O–H groups in total. The Morgan fingerprint density at radius 2 is 1.76 bits per heavy atom. The molecule has 1 heterocycles. The summed E-state index contributed by atoms with van der Waals surface area (Å²) in [6.07, 6.45) is 0.0815. The average Bonchev–Trinajstić information content (AvgIpc) is 3.16. The first-order chi connectivity index (χ1) is 13.9. The van der Waals surface area contributed by atoms with Crippen molar-refractivity contribution in [3.63, 3.8) is 0 Å². The molecule has 0 fully saturated rings. The van der Waals surface area contributed by atoms with E-state index in [4.69, 9.17) is 28.5 Å². The van der Waals surface area contributed by atoms with Crippen molar-refractivity contribution in [2.24, 2.45) is 0 Å². The molecule has 8 heteroatoms. The molecule has 0 spiro atoms. The number of carbonyl (C=O) groups is 2. The lowest BCUT2D eigenvalue weighted by molar-refractivity contribution is -0.139. The van der Waals surface area contributed by atoms with E-state index < -0.39 is 17.9 Å². The third-order valence-electron chi connectivity index (χ3n) is 4.26. The van der Waals surface area contributed by atoms with Gasteiger partial charge >= 0.3 is 5.97 Å². The zero-order chi connectivity index (χ0) is 21.0. The standard InChI is InChI=1S/C21H14Cl2N2O3S/c22-15-2-1-3-16(23)19(15)20(26)25-17(21(27)28)10-12-4-6-13(7-5-12)14-8-9-29-18(14)11-24/h1-9,17H,10H2,(H,25,26)(H,27,28)/t17-/m0/s1. The van der Waals surface area contributed by atoms with Crippen LogP contribution in [-0.4, -0.2) is 23.0 Å². The molecule has 0 aliphatic heterocycles. The second kappa shape index (κ2) is 9.10. The van der Waals surface area contributed by atoms with E-state index in [1.165, 1.54) is 23.5 Å². The largest absolute Gasteiger partial charge is 0.480 e. The van der Waals surface area contributed by atoms with Crippen LogP contribution >= 0.6 is 34.5 Å². The molecule has 0 saturated carbocycles. The fraction of sp³-hybridized carbons (Fsp3) is 0.0952. The van der Waals surface area contributed by atoms with Gasteiger partial charge in [-0.3, -0.25) is 4.79 Å². The lowest BCUT2D eigenvalue weighted by Crippen LogP contribution is -2.42. The van der Waals surface area contributed by atoms with Crippen LogP contribution in [0, 0.1) is 11.3 Å². The SMILES string of the molecule is N#Cc1sccc1-c1ccc(C[C@H](NC(=O)c2c(Cl)cccc2Cl)C(=O)O)cc1. The maximum absolute atomic E-state index is 12.5. The molecular formula is C21H14Cl2N2O3S. The fourth-order valence-corrected chi connectivity index (χ4v) is 4.10. The number of rotatable bonds is 6. The summed E-state index contributed by atoms with van der Waals surface area (Å²) >= 11 is 13.4. The van der Waals surface area contributed by atoms with E-state index in [1.807, 2.05) is 23.6 Å². The van der Waals surface area contributed by atoms with Crippen LogP contribution in [0.1, 0.15) is 20.8 Å². The molecule has 146 valence electrons. The van der Waals surface area contributed by atoms with E-state index in [-0.39, 0.29) is 22.0 Å². The van der Waals surface area contributed by atoms with Gasteiger partial charge < -0.3 is 10.4 Å². The first-order valence-electron chi connectivity index (χ1n) is 8.45. The van der Waals surface area contributed by atoms with Crippen LogP contribution in [0.25, 0.3) is 11.1 Å². The average molecular weight is 445 g/mol. The summed E-state index contributed by atoms with van der Waals surface area (Å²) in [5.74, 6) is -1.82. The number of carboxylic acid groups (broad SMARTS) is 1. The van der Waals surface area contributed by atoms with Crippen molar-refractivity contribution < 1.29 is 14.7 Å². The van der Waals surface area contributed by atoms with Crippen LogP contribution < -0.4 is 5.32 Å². The first kappa shape index (κ1) is 20.9. The highest BCUT2D eigenvalue weighted by Gasteiger charge is 2.23. The minimum atomic E-state index is -1.17. The molecule has 2 aromatic carbocycles. The second-order valence-electron chi connectivity index (χ2n) is 6.14. The summed E-state index contributed by atoms with van der Waals surface area (Å²) in [6, 6.07) is 14.7. The number of nitrogens with zero attached hydrogens (tertiary/aromatic N) is 1. The molecule has 1 amide bonds. The van der Waals surface area contributed by atoms with Gasteiger partial charge in [0.1, 0.15) is 17.0 Å². The van der Waals surface area contributed by atoms with Gasteiger partial charge in [0.15, 0.2) is 0 Å². The van der Waals surface area contributed by atoms with E-state index >= 15 is 0 Å². The van der Waals surface area contributed by atoms with E-state index in [2.05, 4.69) is 11.4 Å². The van der Waals surface area contributed by atoms with E-state index in [0.717, 1.165) is 16.7 Å². The Hall–Kier alpha value is -2.85. The van der Waals surface area contributed by atoms with Gasteiger partial charge in [-0.1, -0.05) is 53.5 Å². The molecule has 0 unspecified atom stereocenters. The Morgan fingerprint density at radius 1 is 1.10 bits per heavy atom. The highest BCUT2D eigenvalue weighted by atomic mass is 35.5. The number of nitriles is 1. The normalized spacial score (nSPS) is 11.5. The molecule has 5 nitrogen and oxygen atoms in total. The number of carbonyl (C=O) groups excluding carboxylic acids is 1. The summed E-state index contributed by atoms with van der Waals surface area (Å²) in [5.41, 5.74) is 2.46. The molecule has 0 aliphatic carbocycles. The van der Waals surface area contributed by atoms with Crippen molar-refractivity contribution in [2.45, 2.75) is 12.5 Å². The summed E-state index contributed by atoms with van der Waals surface area (Å²) < 4.78 is 0. The number of amides is 1. The maximum atomic E-state index is 12.5. The smallest absolute Gasteiger partial charge is 0.326 e. The minimum absolute atomic E-state index is 0.0407. The second-order valence-corrected chi connectivity index (χ2v) is 7.87. The van der Waals surface area contributed by atoms with E-state index in [1.54, 1.807) is 18.2 Å². The lowest BCUT2D eigenvalue weighted by Gasteiger charge is -2.16.